The average molecular weight is 260 g/mol. The first-order valence-electron chi connectivity index (χ1n) is 7.19. The van der Waals surface area contributed by atoms with Gasteiger partial charge < -0.3 is 5.73 Å². The van der Waals surface area contributed by atoms with E-state index in [9.17, 15) is 4.79 Å². The summed E-state index contributed by atoms with van der Waals surface area (Å²) in [6.45, 7) is 4.58. The molecular weight excluding hydrogens is 236 g/mol. The summed E-state index contributed by atoms with van der Waals surface area (Å²) >= 11 is 0. The number of aryl methyl sites for hydroxylation is 2. The molecule has 3 nitrogen and oxygen atoms in total. The summed E-state index contributed by atoms with van der Waals surface area (Å²) in [4.78, 5) is 13.0. The van der Waals surface area contributed by atoms with Gasteiger partial charge >= 0.3 is 0 Å². The fraction of sp³-hybridized carbons (Fsp3) is 0.562. The zero-order chi connectivity index (χ0) is 13.7. The number of rotatable bonds is 5. The predicted octanol–water partition coefficient (Wildman–Crippen LogP) is 2.12. The molecule has 0 bridgehead atoms. The lowest BCUT2D eigenvalue weighted by Gasteiger charge is -2.31. The summed E-state index contributed by atoms with van der Waals surface area (Å²) in [5.74, 6) is 0.587. The first-order chi connectivity index (χ1) is 9.13. The van der Waals surface area contributed by atoms with Gasteiger partial charge in [-0.05, 0) is 57.2 Å². The van der Waals surface area contributed by atoms with E-state index >= 15 is 0 Å². The Hall–Kier alpha value is -1.35. The summed E-state index contributed by atoms with van der Waals surface area (Å²) in [5, 5.41) is 0. The third-order valence-electron chi connectivity index (χ3n) is 4.05. The lowest BCUT2D eigenvalue weighted by molar-refractivity contribution is -0.119. The minimum absolute atomic E-state index is 0.210. The molecule has 0 atom stereocenters. The fourth-order valence-corrected chi connectivity index (χ4v) is 2.78. The van der Waals surface area contributed by atoms with E-state index < -0.39 is 0 Å². The minimum atomic E-state index is -0.210. The van der Waals surface area contributed by atoms with Crippen LogP contribution >= 0.6 is 0 Å². The monoisotopic (exact) mass is 260 g/mol. The third-order valence-corrected chi connectivity index (χ3v) is 4.05. The standard InChI is InChI=1S/C16H24N2O/c1-13-2-4-14(5-3-13)6-7-15-8-10-18(11-9-15)12-16(17)19/h2-5,15H,6-12H2,1H3,(H2,17,19). The number of primary amides is 1. The molecule has 0 spiro atoms. The maximum Gasteiger partial charge on any atom is 0.231 e. The van der Waals surface area contributed by atoms with Gasteiger partial charge in [-0.25, -0.2) is 0 Å². The zero-order valence-corrected chi connectivity index (χ0v) is 11.8. The second kappa shape index (κ2) is 6.71. The van der Waals surface area contributed by atoms with Crippen molar-refractivity contribution in [2.24, 2.45) is 11.7 Å². The normalized spacial score (nSPS) is 17.5. The quantitative estimate of drug-likeness (QED) is 0.881. The summed E-state index contributed by atoms with van der Waals surface area (Å²) in [7, 11) is 0. The van der Waals surface area contributed by atoms with Gasteiger partial charge in [0.05, 0.1) is 6.54 Å². The van der Waals surface area contributed by atoms with Crippen molar-refractivity contribution in [3.05, 3.63) is 35.4 Å². The molecule has 1 aromatic rings. The predicted molar refractivity (Wildman–Crippen MR) is 77.9 cm³/mol. The number of amides is 1. The molecule has 1 heterocycles. The lowest BCUT2D eigenvalue weighted by atomic mass is 9.90. The maximum atomic E-state index is 10.9. The molecule has 1 aromatic carbocycles. The number of nitrogens with two attached hydrogens (primary N) is 1. The van der Waals surface area contributed by atoms with Gasteiger partial charge in [-0.3, -0.25) is 9.69 Å². The molecule has 3 heteroatoms. The van der Waals surface area contributed by atoms with Gasteiger partial charge in [-0.15, -0.1) is 0 Å². The average Bonchev–Trinajstić information content (AvgIpc) is 2.39. The topological polar surface area (TPSA) is 46.3 Å². The van der Waals surface area contributed by atoms with Crippen LogP contribution in [0, 0.1) is 12.8 Å². The van der Waals surface area contributed by atoms with Gasteiger partial charge in [0, 0.05) is 0 Å². The van der Waals surface area contributed by atoms with Crippen LogP contribution in [-0.4, -0.2) is 30.4 Å². The zero-order valence-electron chi connectivity index (χ0n) is 11.8. The van der Waals surface area contributed by atoms with Crippen molar-refractivity contribution < 1.29 is 4.79 Å². The van der Waals surface area contributed by atoms with Crippen LogP contribution < -0.4 is 5.73 Å². The molecular formula is C16H24N2O. The highest BCUT2D eigenvalue weighted by Crippen LogP contribution is 2.22. The SMILES string of the molecule is Cc1ccc(CCC2CCN(CC(N)=O)CC2)cc1. The first kappa shape index (κ1) is 14.1. The Kier molecular flexibility index (Phi) is 4.97. The Morgan fingerprint density at radius 3 is 2.47 bits per heavy atom. The van der Waals surface area contributed by atoms with Crippen molar-refractivity contribution in [3.8, 4) is 0 Å². The van der Waals surface area contributed by atoms with Crippen LogP contribution in [0.3, 0.4) is 0 Å². The minimum Gasteiger partial charge on any atom is -0.369 e. The smallest absolute Gasteiger partial charge is 0.231 e. The van der Waals surface area contributed by atoms with E-state index in [0.29, 0.717) is 6.54 Å². The molecule has 1 saturated heterocycles. The van der Waals surface area contributed by atoms with Crippen molar-refractivity contribution in [3.63, 3.8) is 0 Å². The Bertz CT molecular complexity index is 405. The molecule has 104 valence electrons. The molecule has 0 radical (unpaired) electrons. The van der Waals surface area contributed by atoms with Crippen LogP contribution in [0.15, 0.2) is 24.3 Å². The Balaban J connectivity index is 1.71. The van der Waals surface area contributed by atoms with Gasteiger partial charge in [0.15, 0.2) is 0 Å². The van der Waals surface area contributed by atoms with Crippen molar-refractivity contribution >= 4 is 5.91 Å². The summed E-state index contributed by atoms with van der Waals surface area (Å²) < 4.78 is 0. The van der Waals surface area contributed by atoms with E-state index in [1.807, 2.05) is 0 Å². The van der Waals surface area contributed by atoms with Crippen molar-refractivity contribution in [2.75, 3.05) is 19.6 Å². The van der Waals surface area contributed by atoms with Gasteiger partial charge in [0.2, 0.25) is 5.91 Å². The number of likely N-dealkylation sites (tertiary alicyclic amines) is 1. The van der Waals surface area contributed by atoms with E-state index in [1.165, 1.54) is 36.8 Å². The van der Waals surface area contributed by atoms with Crippen molar-refractivity contribution in [1.82, 2.24) is 4.90 Å². The van der Waals surface area contributed by atoms with Crippen LogP contribution in [0.5, 0.6) is 0 Å². The highest BCUT2D eigenvalue weighted by Gasteiger charge is 2.19. The highest BCUT2D eigenvalue weighted by atomic mass is 16.1. The van der Waals surface area contributed by atoms with Gasteiger partial charge in [-0.1, -0.05) is 29.8 Å². The number of benzene rings is 1. The number of piperidine rings is 1. The van der Waals surface area contributed by atoms with Crippen LogP contribution in [0.4, 0.5) is 0 Å². The molecule has 1 aliphatic heterocycles. The number of carbonyl (C=O) groups is 1. The van der Waals surface area contributed by atoms with Crippen molar-refractivity contribution in [1.29, 1.82) is 0 Å². The van der Waals surface area contributed by atoms with E-state index in [0.717, 1.165) is 19.0 Å². The number of hydrogen-bond donors (Lipinski definition) is 1. The molecule has 0 saturated carbocycles. The Morgan fingerprint density at radius 1 is 1.26 bits per heavy atom. The second-order valence-corrected chi connectivity index (χ2v) is 5.71. The fourth-order valence-electron chi connectivity index (χ4n) is 2.78. The van der Waals surface area contributed by atoms with Crippen molar-refractivity contribution in [2.45, 2.75) is 32.6 Å². The van der Waals surface area contributed by atoms with Crippen LogP contribution in [0.2, 0.25) is 0 Å². The molecule has 2 N–H and O–H groups in total. The molecule has 19 heavy (non-hydrogen) atoms. The molecule has 1 amide bonds. The molecule has 0 aromatic heterocycles. The highest BCUT2D eigenvalue weighted by molar-refractivity contribution is 5.75. The lowest BCUT2D eigenvalue weighted by Crippen LogP contribution is -2.39. The largest absolute Gasteiger partial charge is 0.369 e. The summed E-state index contributed by atoms with van der Waals surface area (Å²) in [6.07, 6.45) is 4.81. The molecule has 0 aliphatic carbocycles. The van der Waals surface area contributed by atoms with Gasteiger partial charge in [0.1, 0.15) is 0 Å². The van der Waals surface area contributed by atoms with E-state index in [1.54, 1.807) is 0 Å². The summed E-state index contributed by atoms with van der Waals surface area (Å²) in [5.41, 5.74) is 7.98. The third kappa shape index (κ3) is 4.67. The number of nitrogens with zero attached hydrogens (tertiary/aromatic N) is 1. The number of carbonyl (C=O) groups excluding carboxylic acids is 1. The second-order valence-electron chi connectivity index (χ2n) is 5.71. The van der Waals surface area contributed by atoms with Gasteiger partial charge in [-0.2, -0.15) is 0 Å². The first-order valence-corrected chi connectivity index (χ1v) is 7.19. The van der Waals surface area contributed by atoms with E-state index in [4.69, 9.17) is 5.73 Å². The molecule has 0 unspecified atom stereocenters. The Morgan fingerprint density at radius 2 is 1.89 bits per heavy atom. The van der Waals surface area contributed by atoms with Gasteiger partial charge in [0.25, 0.3) is 0 Å². The van der Waals surface area contributed by atoms with E-state index in [2.05, 4.69) is 36.1 Å². The summed E-state index contributed by atoms with van der Waals surface area (Å²) in [6, 6.07) is 8.84. The van der Waals surface area contributed by atoms with Crippen LogP contribution in [0.25, 0.3) is 0 Å². The van der Waals surface area contributed by atoms with Crippen LogP contribution in [-0.2, 0) is 11.2 Å². The molecule has 1 fully saturated rings. The molecule has 2 rings (SSSR count). The maximum absolute atomic E-state index is 10.9. The van der Waals surface area contributed by atoms with E-state index in [-0.39, 0.29) is 5.91 Å². The van der Waals surface area contributed by atoms with Crippen LogP contribution in [0.1, 0.15) is 30.4 Å². The Labute approximate surface area is 115 Å². The molecule has 1 aliphatic rings. The number of hydrogen-bond acceptors (Lipinski definition) is 2.